The molecule has 4 aromatic carbocycles. The van der Waals surface area contributed by atoms with Crippen LogP contribution in [0.15, 0.2) is 84.9 Å². The van der Waals surface area contributed by atoms with Crippen LogP contribution in [0.4, 0.5) is 11.4 Å². The minimum absolute atomic E-state index is 0.00657. The number of nitrogens with zero attached hydrogens (tertiary/aromatic N) is 2. The lowest BCUT2D eigenvalue weighted by Crippen LogP contribution is -2.48. The van der Waals surface area contributed by atoms with E-state index in [0.717, 1.165) is 69.3 Å². The SMILES string of the molecule is CCN(CC)c1ccc2c(c1)Oc1cc(C)ccc1C21c2ccccc2C(=O)N1c1ccccc1C. The van der Waals surface area contributed by atoms with E-state index in [1.54, 1.807) is 0 Å². The van der Waals surface area contributed by atoms with Gasteiger partial charge < -0.3 is 9.64 Å². The number of amides is 1. The average molecular weight is 475 g/mol. The summed E-state index contributed by atoms with van der Waals surface area (Å²) in [5.74, 6) is 1.59. The summed E-state index contributed by atoms with van der Waals surface area (Å²) in [6.07, 6.45) is 0. The summed E-state index contributed by atoms with van der Waals surface area (Å²) in [5, 5.41) is 0. The Bertz CT molecular complexity index is 1500. The summed E-state index contributed by atoms with van der Waals surface area (Å²) in [7, 11) is 0. The highest BCUT2D eigenvalue weighted by molar-refractivity contribution is 6.14. The van der Waals surface area contributed by atoms with Gasteiger partial charge in [0.1, 0.15) is 17.0 Å². The largest absolute Gasteiger partial charge is 0.456 e. The van der Waals surface area contributed by atoms with Crippen LogP contribution in [0.25, 0.3) is 0 Å². The van der Waals surface area contributed by atoms with Crippen molar-refractivity contribution in [3.8, 4) is 11.5 Å². The molecule has 0 aromatic heterocycles. The smallest absolute Gasteiger partial charge is 0.260 e. The Hall–Kier alpha value is -4.05. The summed E-state index contributed by atoms with van der Waals surface area (Å²) in [5.41, 5.74) is 7.05. The van der Waals surface area contributed by atoms with Crippen molar-refractivity contribution < 1.29 is 9.53 Å². The third-order valence-corrected chi connectivity index (χ3v) is 7.67. The predicted octanol–water partition coefficient (Wildman–Crippen LogP) is 7.21. The number of carbonyl (C=O) groups excluding carboxylic acids is 1. The minimum atomic E-state index is -0.835. The molecule has 6 rings (SSSR count). The molecule has 1 atom stereocenters. The Kier molecular flexibility index (Phi) is 5.15. The molecule has 4 nitrogen and oxygen atoms in total. The Morgan fingerprint density at radius 3 is 2.19 bits per heavy atom. The molecular formula is C32H30N2O2. The Morgan fingerprint density at radius 2 is 1.44 bits per heavy atom. The number of carbonyl (C=O) groups is 1. The molecule has 1 spiro atoms. The molecule has 36 heavy (non-hydrogen) atoms. The van der Waals surface area contributed by atoms with Gasteiger partial charge in [-0.15, -0.1) is 0 Å². The van der Waals surface area contributed by atoms with Crippen LogP contribution >= 0.6 is 0 Å². The van der Waals surface area contributed by atoms with E-state index in [9.17, 15) is 4.79 Å². The molecule has 180 valence electrons. The maximum Gasteiger partial charge on any atom is 0.260 e. The van der Waals surface area contributed by atoms with Gasteiger partial charge >= 0.3 is 0 Å². The lowest BCUT2D eigenvalue weighted by atomic mass is 9.74. The van der Waals surface area contributed by atoms with Crippen molar-refractivity contribution in [3.05, 3.63) is 118 Å². The van der Waals surface area contributed by atoms with Crippen molar-refractivity contribution in [2.75, 3.05) is 22.9 Å². The molecule has 1 amide bonds. The number of fused-ring (bicyclic) bond motifs is 6. The van der Waals surface area contributed by atoms with Gasteiger partial charge in [-0.05, 0) is 63.1 Å². The van der Waals surface area contributed by atoms with E-state index in [0.29, 0.717) is 0 Å². The molecule has 0 radical (unpaired) electrons. The maximum absolute atomic E-state index is 14.3. The van der Waals surface area contributed by atoms with E-state index in [1.165, 1.54) is 0 Å². The van der Waals surface area contributed by atoms with Crippen LogP contribution in [-0.2, 0) is 5.54 Å². The van der Waals surface area contributed by atoms with Gasteiger partial charge in [-0.3, -0.25) is 9.69 Å². The minimum Gasteiger partial charge on any atom is -0.456 e. The first-order chi connectivity index (χ1) is 17.5. The molecule has 0 fully saturated rings. The zero-order chi connectivity index (χ0) is 25.0. The third-order valence-electron chi connectivity index (χ3n) is 7.67. The van der Waals surface area contributed by atoms with Gasteiger partial charge in [0.25, 0.3) is 5.91 Å². The Balaban J connectivity index is 1.74. The van der Waals surface area contributed by atoms with Gasteiger partial charge in [0, 0.05) is 52.8 Å². The number of aryl methyl sites for hydroxylation is 2. The highest BCUT2D eigenvalue weighted by Gasteiger charge is 2.57. The summed E-state index contributed by atoms with van der Waals surface area (Å²) in [4.78, 5) is 18.6. The van der Waals surface area contributed by atoms with Gasteiger partial charge in [-0.1, -0.05) is 54.6 Å². The Morgan fingerprint density at radius 1 is 0.778 bits per heavy atom. The van der Waals surface area contributed by atoms with E-state index >= 15 is 0 Å². The fraction of sp³-hybridized carbons (Fsp3) is 0.219. The van der Waals surface area contributed by atoms with Gasteiger partial charge in [0.05, 0.1) is 0 Å². The first-order valence-electron chi connectivity index (χ1n) is 12.7. The highest BCUT2D eigenvalue weighted by Crippen LogP contribution is 2.59. The van der Waals surface area contributed by atoms with Crippen LogP contribution in [0.1, 0.15) is 52.0 Å². The molecular weight excluding hydrogens is 444 g/mol. The van der Waals surface area contributed by atoms with Gasteiger partial charge in [0.15, 0.2) is 0 Å². The average Bonchev–Trinajstić information content (AvgIpc) is 3.14. The van der Waals surface area contributed by atoms with Crippen molar-refractivity contribution in [1.82, 2.24) is 0 Å². The zero-order valence-electron chi connectivity index (χ0n) is 21.2. The molecule has 1 unspecified atom stereocenters. The fourth-order valence-corrected chi connectivity index (χ4v) is 5.97. The summed E-state index contributed by atoms with van der Waals surface area (Å²) in [6.45, 7) is 10.3. The summed E-state index contributed by atoms with van der Waals surface area (Å²) < 4.78 is 6.62. The normalized spacial score (nSPS) is 17.4. The third kappa shape index (κ3) is 2.97. The fourth-order valence-electron chi connectivity index (χ4n) is 5.97. The highest BCUT2D eigenvalue weighted by atomic mass is 16.5. The number of para-hydroxylation sites is 1. The first kappa shape index (κ1) is 22.4. The topological polar surface area (TPSA) is 32.8 Å². The number of hydrogen-bond acceptors (Lipinski definition) is 3. The number of benzene rings is 4. The Labute approximate surface area is 212 Å². The monoisotopic (exact) mass is 474 g/mol. The van der Waals surface area contributed by atoms with E-state index in [2.05, 4.69) is 81.1 Å². The summed E-state index contributed by atoms with van der Waals surface area (Å²) >= 11 is 0. The summed E-state index contributed by atoms with van der Waals surface area (Å²) in [6, 6.07) is 29.0. The molecule has 2 aliphatic heterocycles. The second-order valence-corrected chi connectivity index (χ2v) is 9.64. The van der Waals surface area contributed by atoms with Gasteiger partial charge in [0.2, 0.25) is 0 Å². The van der Waals surface area contributed by atoms with Crippen molar-refractivity contribution >= 4 is 17.3 Å². The second-order valence-electron chi connectivity index (χ2n) is 9.64. The predicted molar refractivity (Wildman–Crippen MR) is 146 cm³/mol. The molecule has 0 bridgehead atoms. The van der Waals surface area contributed by atoms with Crippen molar-refractivity contribution in [1.29, 1.82) is 0 Å². The van der Waals surface area contributed by atoms with E-state index in [-0.39, 0.29) is 5.91 Å². The first-order valence-corrected chi connectivity index (χ1v) is 12.7. The van der Waals surface area contributed by atoms with Crippen LogP contribution < -0.4 is 14.5 Å². The van der Waals surface area contributed by atoms with E-state index < -0.39 is 5.54 Å². The van der Waals surface area contributed by atoms with Crippen LogP contribution in [-0.4, -0.2) is 19.0 Å². The lowest BCUT2D eigenvalue weighted by Gasteiger charge is -2.45. The molecule has 2 aliphatic rings. The van der Waals surface area contributed by atoms with E-state index in [4.69, 9.17) is 4.74 Å². The van der Waals surface area contributed by atoms with Crippen LogP contribution in [0, 0.1) is 13.8 Å². The molecule has 0 saturated carbocycles. The molecule has 4 aromatic rings. The van der Waals surface area contributed by atoms with Crippen LogP contribution in [0.3, 0.4) is 0 Å². The maximum atomic E-state index is 14.3. The molecule has 2 heterocycles. The number of ether oxygens (including phenoxy) is 1. The van der Waals surface area contributed by atoms with Crippen molar-refractivity contribution in [2.45, 2.75) is 33.2 Å². The van der Waals surface area contributed by atoms with Crippen LogP contribution in [0.2, 0.25) is 0 Å². The van der Waals surface area contributed by atoms with Crippen molar-refractivity contribution in [3.63, 3.8) is 0 Å². The van der Waals surface area contributed by atoms with E-state index in [1.807, 2.05) is 41.3 Å². The van der Waals surface area contributed by atoms with Gasteiger partial charge in [-0.25, -0.2) is 0 Å². The standard InChI is InChI=1S/C32H30N2O2/c1-5-33(6-2)23-16-18-27-30(20-23)36-29-19-21(3)15-17-26(29)32(27)25-13-9-8-12-24(25)31(35)34(32)28-14-10-7-11-22(28)4/h7-20H,5-6H2,1-4H3. The van der Waals surface area contributed by atoms with Crippen molar-refractivity contribution in [2.24, 2.45) is 0 Å². The quantitative estimate of drug-likeness (QED) is 0.313. The lowest BCUT2D eigenvalue weighted by molar-refractivity contribution is 0.0985. The zero-order valence-corrected chi connectivity index (χ0v) is 21.2. The molecule has 4 heteroatoms. The molecule has 0 aliphatic carbocycles. The number of rotatable bonds is 4. The molecule has 0 saturated heterocycles. The number of hydrogen-bond donors (Lipinski definition) is 0. The number of anilines is 2. The van der Waals surface area contributed by atoms with Gasteiger partial charge in [-0.2, -0.15) is 0 Å². The molecule has 0 N–H and O–H groups in total. The second kappa shape index (κ2) is 8.27. The van der Waals surface area contributed by atoms with Crippen LogP contribution in [0.5, 0.6) is 11.5 Å².